The van der Waals surface area contributed by atoms with Crippen molar-refractivity contribution in [2.45, 2.75) is 39.5 Å². The van der Waals surface area contributed by atoms with Gasteiger partial charge in [0, 0.05) is 12.1 Å². The number of hydrogen-bond acceptors (Lipinski definition) is 2. The maximum absolute atomic E-state index is 5.84. The highest BCUT2D eigenvalue weighted by Crippen LogP contribution is 2.15. The van der Waals surface area contributed by atoms with E-state index in [1.807, 2.05) is 30.3 Å². The molecule has 2 heteroatoms. The first-order valence-corrected chi connectivity index (χ1v) is 7.04. The Hall–Kier alpha value is -1.80. The Kier molecular flexibility index (Phi) is 4.80. The van der Waals surface area contributed by atoms with Crippen LogP contribution in [-0.4, -0.2) is 5.54 Å². The van der Waals surface area contributed by atoms with Crippen molar-refractivity contribution >= 4 is 0 Å². The molecule has 0 spiro atoms. The van der Waals surface area contributed by atoms with Crippen LogP contribution >= 0.6 is 0 Å². The zero-order valence-corrected chi connectivity index (χ0v) is 12.5. The molecular formula is C18H23NO. The molecule has 2 aromatic carbocycles. The highest BCUT2D eigenvalue weighted by molar-refractivity contribution is 5.28. The average molecular weight is 269 g/mol. The van der Waals surface area contributed by atoms with Crippen molar-refractivity contribution in [1.82, 2.24) is 5.32 Å². The lowest BCUT2D eigenvalue weighted by Gasteiger charge is -2.21. The summed E-state index contributed by atoms with van der Waals surface area (Å²) in [5.74, 6) is 0.908. The molecule has 1 N–H and O–H groups in total. The lowest BCUT2D eigenvalue weighted by Crippen LogP contribution is -2.35. The number of para-hydroxylation sites is 1. The van der Waals surface area contributed by atoms with Gasteiger partial charge >= 0.3 is 0 Å². The fourth-order valence-corrected chi connectivity index (χ4v) is 1.91. The van der Waals surface area contributed by atoms with Crippen LogP contribution < -0.4 is 10.1 Å². The van der Waals surface area contributed by atoms with Crippen molar-refractivity contribution in [3.8, 4) is 5.75 Å². The monoisotopic (exact) mass is 269 g/mol. The summed E-state index contributed by atoms with van der Waals surface area (Å²) in [6, 6.07) is 18.4. The summed E-state index contributed by atoms with van der Waals surface area (Å²) in [5, 5.41) is 3.52. The second-order valence-corrected chi connectivity index (χ2v) is 5.97. The second kappa shape index (κ2) is 6.58. The van der Waals surface area contributed by atoms with Gasteiger partial charge in [-0.05, 0) is 44.0 Å². The van der Waals surface area contributed by atoms with E-state index >= 15 is 0 Å². The molecule has 0 bridgehead atoms. The Bertz CT molecular complexity index is 529. The fraction of sp³-hybridized carbons (Fsp3) is 0.333. The van der Waals surface area contributed by atoms with Gasteiger partial charge in [0.25, 0.3) is 0 Å². The maximum atomic E-state index is 5.84. The summed E-state index contributed by atoms with van der Waals surface area (Å²) < 4.78 is 5.84. The van der Waals surface area contributed by atoms with Crippen molar-refractivity contribution in [3.63, 3.8) is 0 Å². The largest absolute Gasteiger partial charge is 0.489 e. The molecule has 0 saturated carbocycles. The number of hydrogen-bond donors (Lipinski definition) is 1. The van der Waals surface area contributed by atoms with Crippen LogP contribution in [0, 0.1) is 0 Å². The van der Waals surface area contributed by atoms with Crippen molar-refractivity contribution in [2.75, 3.05) is 0 Å². The third kappa shape index (κ3) is 4.71. The van der Waals surface area contributed by atoms with Gasteiger partial charge in [-0.2, -0.15) is 0 Å². The topological polar surface area (TPSA) is 21.3 Å². The van der Waals surface area contributed by atoms with Crippen LogP contribution in [0.3, 0.4) is 0 Å². The number of benzene rings is 2. The number of rotatable bonds is 5. The van der Waals surface area contributed by atoms with E-state index in [1.165, 1.54) is 11.1 Å². The van der Waals surface area contributed by atoms with Crippen LogP contribution in [-0.2, 0) is 13.2 Å². The fourth-order valence-electron chi connectivity index (χ4n) is 1.91. The minimum Gasteiger partial charge on any atom is -0.489 e. The lowest BCUT2D eigenvalue weighted by atomic mass is 10.1. The molecule has 0 aliphatic rings. The molecule has 0 fully saturated rings. The van der Waals surface area contributed by atoms with Gasteiger partial charge in [0.15, 0.2) is 0 Å². The Balaban J connectivity index is 2.01. The maximum Gasteiger partial charge on any atom is 0.119 e. The summed E-state index contributed by atoms with van der Waals surface area (Å²) in [5.41, 5.74) is 2.64. The van der Waals surface area contributed by atoms with Crippen molar-refractivity contribution in [2.24, 2.45) is 0 Å². The molecule has 0 aromatic heterocycles. The van der Waals surface area contributed by atoms with Crippen molar-refractivity contribution < 1.29 is 4.74 Å². The van der Waals surface area contributed by atoms with Gasteiger partial charge in [0.1, 0.15) is 12.4 Å². The first-order valence-electron chi connectivity index (χ1n) is 7.04. The van der Waals surface area contributed by atoms with Gasteiger partial charge in [0.2, 0.25) is 0 Å². The Morgan fingerprint density at radius 1 is 0.850 bits per heavy atom. The lowest BCUT2D eigenvalue weighted by molar-refractivity contribution is 0.304. The molecule has 0 unspecified atom stereocenters. The van der Waals surface area contributed by atoms with Gasteiger partial charge in [0.05, 0.1) is 0 Å². The first kappa shape index (κ1) is 14.6. The van der Waals surface area contributed by atoms with E-state index in [-0.39, 0.29) is 5.54 Å². The van der Waals surface area contributed by atoms with Gasteiger partial charge in [-0.25, -0.2) is 0 Å². The summed E-state index contributed by atoms with van der Waals surface area (Å²) in [7, 11) is 0. The van der Waals surface area contributed by atoms with E-state index in [0.717, 1.165) is 12.3 Å². The smallest absolute Gasteiger partial charge is 0.119 e. The molecule has 0 saturated heterocycles. The minimum absolute atomic E-state index is 0.118. The standard InChI is InChI=1S/C18H23NO/c1-18(2,3)19-13-15-9-7-8-10-16(15)14-20-17-11-5-4-6-12-17/h4-12,19H,13-14H2,1-3H3. The summed E-state index contributed by atoms with van der Waals surface area (Å²) in [6.07, 6.45) is 0. The molecule has 2 aromatic rings. The third-order valence-corrected chi connectivity index (χ3v) is 3.07. The minimum atomic E-state index is 0.118. The Morgan fingerprint density at radius 2 is 1.45 bits per heavy atom. The Morgan fingerprint density at radius 3 is 2.10 bits per heavy atom. The third-order valence-electron chi connectivity index (χ3n) is 3.07. The Labute approximate surface area is 121 Å². The second-order valence-electron chi connectivity index (χ2n) is 5.97. The predicted octanol–water partition coefficient (Wildman–Crippen LogP) is 4.15. The van der Waals surface area contributed by atoms with E-state index in [0.29, 0.717) is 6.61 Å². The first-order chi connectivity index (χ1) is 9.54. The van der Waals surface area contributed by atoms with Crippen LogP contribution in [0.15, 0.2) is 54.6 Å². The number of nitrogens with one attached hydrogen (secondary N) is 1. The van der Waals surface area contributed by atoms with E-state index in [4.69, 9.17) is 4.74 Å². The highest BCUT2D eigenvalue weighted by atomic mass is 16.5. The quantitative estimate of drug-likeness (QED) is 0.880. The van der Waals surface area contributed by atoms with Crippen LogP contribution in [0.1, 0.15) is 31.9 Å². The number of ether oxygens (including phenoxy) is 1. The van der Waals surface area contributed by atoms with Gasteiger partial charge in [-0.15, -0.1) is 0 Å². The van der Waals surface area contributed by atoms with E-state index in [9.17, 15) is 0 Å². The van der Waals surface area contributed by atoms with Gasteiger partial charge in [-0.3, -0.25) is 0 Å². The van der Waals surface area contributed by atoms with Crippen LogP contribution in [0.25, 0.3) is 0 Å². The van der Waals surface area contributed by atoms with Crippen LogP contribution in [0.4, 0.5) is 0 Å². The zero-order chi connectivity index (χ0) is 14.4. The molecule has 0 radical (unpaired) electrons. The molecule has 2 nitrogen and oxygen atoms in total. The molecule has 2 rings (SSSR count). The molecule has 106 valence electrons. The van der Waals surface area contributed by atoms with E-state index in [2.05, 4.69) is 50.4 Å². The van der Waals surface area contributed by atoms with Crippen molar-refractivity contribution in [1.29, 1.82) is 0 Å². The molecule has 0 atom stereocenters. The molecular weight excluding hydrogens is 246 g/mol. The average Bonchev–Trinajstić information content (AvgIpc) is 2.44. The normalized spacial score (nSPS) is 11.3. The van der Waals surface area contributed by atoms with Crippen LogP contribution in [0.5, 0.6) is 5.75 Å². The van der Waals surface area contributed by atoms with Crippen molar-refractivity contribution in [3.05, 3.63) is 65.7 Å². The zero-order valence-electron chi connectivity index (χ0n) is 12.5. The van der Waals surface area contributed by atoms with Gasteiger partial charge in [-0.1, -0.05) is 42.5 Å². The van der Waals surface area contributed by atoms with E-state index < -0.39 is 0 Å². The summed E-state index contributed by atoms with van der Waals surface area (Å²) >= 11 is 0. The molecule has 0 amide bonds. The van der Waals surface area contributed by atoms with Gasteiger partial charge < -0.3 is 10.1 Å². The molecule has 0 heterocycles. The van der Waals surface area contributed by atoms with E-state index in [1.54, 1.807) is 0 Å². The summed E-state index contributed by atoms with van der Waals surface area (Å²) in [6.45, 7) is 7.99. The molecule has 0 aliphatic heterocycles. The highest BCUT2D eigenvalue weighted by Gasteiger charge is 2.10. The SMILES string of the molecule is CC(C)(C)NCc1ccccc1COc1ccccc1. The van der Waals surface area contributed by atoms with Crippen LogP contribution in [0.2, 0.25) is 0 Å². The molecule has 0 aliphatic carbocycles. The summed E-state index contributed by atoms with van der Waals surface area (Å²) in [4.78, 5) is 0. The predicted molar refractivity (Wildman–Crippen MR) is 83.8 cm³/mol. The molecule has 20 heavy (non-hydrogen) atoms.